The molecule has 6 nitrogen and oxygen atoms in total. The second kappa shape index (κ2) is 6.71. The number of aliphatic carboxylic acids is 1. The average Bonchev–Trinajstić information content (AvgIpc) is 2.83. The minimum Gasteiger partial charge on any atom is -0.481 e. The third kappa shape index (κ3) is 3.60. The van der Waals surface area contributed by atoms with Gasteiger partial charge in [-0.1, -0.05) is 18.2 Å². The molecule has 2 rings (SSSR count). The fourth-order valence-corrected chi connectivity index (χ4v) is 2.93. The molecule has 1 heterocycles. The van der Waals surface area contributed by atoms with Gasteiger partial charge in [0.25, 0.3) is 0 Å². The highest BCUT2D eigenvalue weighted by atomic mass is 32.2. The Morgan fingerprint density at radius 2 is 2.14 bits per heavy atom. The van der Waals surface area contributed by atoms with Gasteiger partial charge in [0.2, 0.25) is 0 Å². The maximum Gasteiger partial charge on any atom is 0.321 e. The number of urea groups is 1. The average molecular weight is 310 g/mol. The van der Waals surface area contributed by atoms with Gasteiger partial charge in [-0.05, 0) is 18.1 Å². The van der Waals surface area contributed by atoms with Crippen LogP contribution in [-0.4, -0.2) is 46.4 Å². The van der Waals surface area contributed by atoms with Crippen molar-refractivity contribution in [3.63, 3.8) is 0 Å². The van der Waals surface area contributed by atoms with Crippen molar-refractivity contribution in [2.24, 2.45) is 0 Å². The minimum atomic E-state index is -0.931. The zero-order chi connectivity index (χ0) is 15.4. The van der Waals surface area contributed by atoms with Crippen LogP contribution in [0.15, 0.2) is 24.3 Å². The lowest BCUT2D eigenvalue weighted by Crippen LogP contribution is -2.40. The van der Waals surface area contributed by atoms with Crippen LogP contribution in [0.25, 0.3) is 0 Å². The molecule has 2 unspecified atom stereocenters. The molecule has 0 spiro atoms. The number of fused-ring (bicyclic) bond motifs is 1. The number of nitrogens with one attached hydrogen (secondary N) is 1. The van der Waals surface area contributed by atoms with Gasteiger partial charge in [-0.15, -0.1) is 0 Å². The van der Waals surface area contributed by atoms with E-state index in [-0.39, 0.29) is 12.6 Å². The van der Waals surface area contributed by atoms with Crippen molar-refractivity contribution in [2.75, 3.05) is 30.0 Å². The van der Waals surface area contributed by atoms with Crippen molar-refractivity contribution in [2.45, 2.75) is 12.3 Å². The van der Waals surface area contributed by atoms with E-state index >= 15 is 0 Å². The number of carboxylic acid groups (broad SMARTS) is 1. The summed E-state index contributed by atoms with van der Waals surface area (Å²) < 4.78 is 10.9. The zero-order valence-electron chi connectivity index (χ0n) is 11.7. The van der Waals surface area contributed by atoms with E-state index < -0.39 is 22.7 Å². The van der Waals surface area contributed by atoms with Crippen molar-refractivity contribution in [1.82, 2.24) is 5.32 Å². The first kappa shape index (κ1) is 15.5. The van der Waals surface area contributed by atoms with E-state index in [1.54, 1.807) is 30.5 Å². The number of carboxylic acids is 1. The van der Waals surface area contributed by atoms with Gasteiger partial charge >= 0.3 is 12.0 Å². The first-order valence-corrected chi connectivity index (χ1v) is 8.40. The first-order valence-electron chi connectivity index (χ1n) is 6.68. The number of nitrogens with zero attached hydrogens (tertiary/aromatic N) is 1. The second-order valence-electron chi connectivity index (χ2n) is 4.92. The Balaban J connectivity index is 2.02. The molecule has 7 heteroatoms. The van der Waals surface area contributed by atoms with Gasteiger partial charge < -0.3 is 10.4 Å². The lowest BCUT2D eigenvalue weighted by molar-refractivity contribution is -0.138. The van der Waals surface area contributed by atoms with E-state index in [0.29, 0.717) is 30.0 Å². The number of para-hydroxylation sites is 1. The number of benzene rings is 1. The summed E-state index contributed by atoms with van der Waals surface area (Å²) in [5, 5.41) is 12.0. The Labute approximate surface area is 125 Å². The summed E-state index contributed by atoms with van der Waals surface area (Å²) in [6, 6.07) is 6.73. The number of anilines is 1. The lowest BCUT2D eigenvalue weighted by atomic mass is 10.0. The highest BCUT2D eigenvalue weighted by molar-refractivity contribution is 7.84. The number of carbonyl (C=O) groups excluding carboxylic acids is 1. The largest absolute Gasteiger partial charge is 0.481 e. The summed E-state index contributed by atoms with van der Waals surface area (Å²) in [4.78, 5) is 24.9. The van der Waals surface area contributed by atoms with Crippen molar-refractivity contribution < 1.29 is 18.9 Å². The summed E-state index contributed by atoms with van der Waals surface area (Å²) in [6.07, 6.45) is 2.25. The van der Waals surface area contributed by atoms with E-state index in [0.717, 1.165) is 0 Å². The molecule has 2 atom stereocenters. The summed E-state index contributed by atoms with van der Waals surface area (Å²) in [5.41, 5.74) is 1.30. The Kier molecular flexibility index (Phi) is 4.95. The van der Waals surface area contributed by atoms with E-state index in [2.05, 4.69) is 5.32 Å². The molecule has 0 saturated heterocycles. The predicted molar refractivity (Wildman–Crippen MR) is 81.1 cm³/mol. The smallest absolute Gasteiger partial charge is 0.321 e. The molecule has 1 aliphatic rings. The van der Waals surface area contributed by atoms with Crippen LogP contribution < -0.4 is 10.2 Å². The maximum absolute atomic E-state index is 12.2. The van der Waals surface area contributed by atoms with Crippen LogP contribution in [0.3, 0.4) is 0 Å². The summed E-state index contributed by atoms with van der Waals surface area (Å²) >= 11 is 0. The van der Waals surface area contributed by atoms with Gasteiger partial charge in [0.05, 0.1) is 0 Å². The highest BCUT2D eigenvalue weighted by Gasteiger charge is 2.36. The molecule has 1 aliphatic heterocycles. The molecule has 2 amide bonds. The molecule has 0 bridgehead atoms. The van der Waals surface area contributed by atoms with Crippen LogP contribution in [0.5, 0.6) is 0 Å². The molecule has 1 aromatic rings. The van der Waals surface area contributed by atoms with Crippen LogP contribution in [-0.2, 0) is 15.6 Å². The third-order valence-corrected chi connectivity index (χ3v) is 4.26. The van der Waals surface area contributed by atoms with Crippen molar-refractivity contribution >= 4 is 28.5 Å². The summed E-state index contributed by atoms with van der Waals surface area (Å²) in [5.74, 6) is -1.08. The highest BCUT2D eigenvalue weighted by Crippen LogP contribution is 2.36. The van der Waals surface area contributed by atoms with E-state index in [9.17, 15) is 18.9 Å². The van der Waals surface area contributed by atoms with Crippen molar-refractivity contribution in [1.29, 1.82) is 0 Å². The third-order valence-electron chi connectivity index (χ3n) is 3.40. The lowest BCUT2D eigenvalue weighted by Gasteiger charge is -2.18. The topological polar surface area (TPSA) is 86.7 Å². The van der Waals surface area contributed by atoms with E-state index in [1.807, 2.05) is 0 Å². The van der Waals surface area contributed by atoms with Gasteiger partial charge in [-0.3, -0.25) is 13.9 Å². The minimum absolute atomic E-state index is 0.139. The molecule has 0 saturated carbocycles. The van der Waals surface area contributed by atoms with Crippen LogP contribution in [0.4, 0.5) is 10.5 Å². The monoisotopic (exact) mass is 310 g/mol. The summed E-state index contributed by atoms with van der Waals surface area (Å²) in [6.45, 7) is 0.565. The molecular formula is C14H18N2O4S. The van der Waals surface area contributed by atoms with Crippen LogP contribution in [0.1, 0.15) is 17.9 Å². The Bertz CT molecular complexity index is 576. The van der Waals surface area contributed by atoms with Crippen LogP contribution in [0.2, 0.25) is 0 Å². The molecule has 0 aliphatic carbocycles. The quantitative estimate of drug-likeness (QED) is 0.799. The van der Waals surface area contributed by atoms with Gasteiger partial charge in [0.15, 0.2) is 0 Å². The first-order chi connectivity index (χ1) is 10.0. The predicted octanol–water partition coefficient (Wildman–Crippen LogP) is 1.15. The molecule has 2 N–H and O–H groups in total. The Hall–Kier alpha value is -1.89. The zero-order valence-corrected chi connectivity index (χ0v) is 12.6. The summed E-state index contributed by atoms with van der Waals surface area (Å²) in [7, 11) is -0.873. The van der Waals surface area contributed by atoms with Gasteiger partial charge in [0.1, 0.15) is 5.92 Å². The van der Waals surface area contributed by atoms with Crippen LogP contribution in [0, 0.1) is 0 Å². The molecule has 114 valence electrons. The molecule has 0 aromatic heterocycles. The molecular weight excluding hydrogens is 292 g/mol. The van der Waals surface area contributed by atoms with Gasteiger partial charge in [0, 0.05) is 41.6 Å². The van der Waals surface area contributed by atoms with E-state index in [1.165, 1.54) is 4.90 Å². The molecule has 21 heavy (non-hydrogen) atoms. The molecule has 0 fully saturated rings. The number of hydrogen-bond acceptors (Lipinski definition) is 3. The standard InChI is InChI=1S/C14H18N2O4S/c1-21(20)8-4-7-15-14(19)16-9-11(13(17)18)10-5-2-3-6-12(10)16/h2-3,5-6,11H,4,7-9H2,1H3,(H,15,19)(H,17,18). The number of amides is 2. The van der Waals surface area contributed by atoms with Crippen molar-refractivity contribution in [3.05, 3.63) is 29.8 Å². The van der Waals surface area contributed by atoms with E-state index in [4.69, 9.17) is 0 Å². The van der Waals surface area contributed by atoms with Crippen LogP contribution >= 0.6 is 0 Å². The fraction of sp³-hybridized carbons (Fsp3) is 0.429. The van der Waals surface area contributed by atoms with Gasteiger partial charge in [-0.2, -0.15) is 0 Å². The van der Waals surface area contributed by atoms with Crippen molar-refractivity contribution in [3.8, 4) is 0 Å². The normalized spacial score (nSPS) is 18.1. The maximum atomic E-state index is 12.2. The second-order valence-corrected chi connectivity index (χ2v) is 6.48. The number of rotatable bonds is 5. The molecule has 1 aromatic carbocycles. The number of carbonyl (C=O) groups is 2. The Morgan fingerprint density at radius 1 is 1.43 bits per heavy atom. The molecule has 0 radical (unpaired) electrons. The number of hydrogen-bond donors (Lipinski definition) is 2. The Morgan fingerprint density at radius 3 is 2.81 bits per heavy atom. The SMILES string of the molecule is CS(=O)CCCNC(=O)N1CC(C(=O)O)c2ccccc21. The van der Waals surface area contributed by atoms with Gasteiger partial charge in [-0.25, -0.2) is 4.79 Å². The fourth-order valence-electron chi connectivity index (χ4n) is 2.38.